The number of rotatable bonds is 11. The monoisotopic (exact) mass is 489 g/mol. The number of aryl methyl sites for hydroxylation is 2. The van der Waals surface area contributed by atoms with E-state index in [4.69, 9.17) is 4.74 Å². The summed E-state index contributed by atoms with van der Waals surface area (Å²) in [5.74, 6) is 0.212. The van der Waals surface area contributed by atoms with Crippen molar-refractivity contribution in [2.24, 2.45) is 0 Å². The molecule has 0 aliphatic rings. The predicted octanol–water partition coefficient (Wildman–Crippen LogP) is 3.02. The molecule has 1 atom stereocenters. The molecule has 2 amide bonds. The van der Waals surface area contributed by atoms with Crippen LogP contribution in [0.15, 0.2) is 42.5 Å². The summed E-state index contributed by atoms with van der Waals surface area (Å²) in [6.07, 6.45) is 1.59. The van der Waals surface area contributed by atoms with Crippen molar-refractivity contribution in [2.45, 2.75) is 46.2 Å². The summed E-state index contributed by atoms with van der Waals surface area (Å²) in [6.45, 7) is 5.93. The maximum atomic E-state index is 13.2. The van der Waals surface area contributed by atoms with Crippen LogP contribution < -0.4 is 14.4 Å². The first-order valence-corrected chi connectivity index (χ1v) is 13.0. The molecule has 186 valence electrons. The number of hydrogen-bond donors (Lipinski definition) is 1. The van der Waals surface area contributed by atoms with E-state index in [1.165, 1.54) is 16.3 Å². The second-order valence-electron chi connectivity index (χ2n) is 8.44. The van der Waals surface area contributed by atoms with E-state index in [9.17, 15) is 18.0 Å². The van der Waals surface area contributed by atoms with Crippen molar-refractivity contribution in [1.82, 2.24) is 10.2 Å². The Morgan fingerprint density at radius 2 is 1.65 bits per heavy atom. The normalized spacial score (nSPS) is 12.1. The lowest BCUT2D eigenvalue weighted by Gasteiger charge is -2.29. The van der Waals surface area contributed by atoms with E-state index < -0.39 is 16.1 Å². The minimum absolute atomic E-state index is 0.105. The fourth-order valence-corrected chi connectivity index (χ4v) is 4.77. The molecule has 1 unspecified atom stereocenters. The average molecular weight is 490 g/mol. The summed E-state index contributed by atoms with van der Waals surface area (Å²) >= 11 is 0. The van der Waals surface area contributed by atoms with Gasteiger partial charge < -0.3 is 15.0 Å². The van der Waals surface area contributed by atoms with E-state index in [1.807, 2.05) is 44.2 Å². The number of methoxy groups -OCH3 is 1. The zero-order valence-electron chi connectivity index (χ0n) is 20.8. The molecule has 0 saturated carbocycles. The highest BCUT2D eigenvalue weighted by Crippen LogP contribution is 2.22. The van der Waals surface area contributed by atoms with Crippen molar-refractivity contribution in [3.8, 4) is 5.75 Å². The van der Waals surface area contributed by atoms with E-state index in [0.29, 0.717) is 17.9 Å². The first-order valence-electron chi connectivity index (χ1n) is 11.2. The number of carbonyl (C=O) groups excluding carboxylic acids is 2. The molecule has 1 N–H and O–H groups in total. The molecule has 2 aromatic carbocycles. The molecule has 0 aromatic heterocycles. The molecule has 0 heterocycles. The molecule has 2 rings (SSSR count). The van der Waals surface area contributed by atoms with Crippen LogP contribution in [0.1, 0.15) is 36.5 Å². The number of carbonyl (C=O) groups is 2. The van der Waals surface area contributed by atoms with Gasteiger partial charge in [-0.3, -0.25) is 13.9 Å². The number of benzene rings is 2. The van der Waals surface area contributed by atoms with E-state index in [2.05, 4.69) is 5.32 Å². The first kappa shape index (κ1) is 27.2. The van der Waals surface area contributed by atoms with Crippen LogP contribution in [0.4, 0.5) is 5.69 Å². The number of amides is 2. The quantitative estimate of drug-likeness (QED) is 0.523. The summed E-state index contributed by atoms with van der Waals surface area (Å²) in [7, 11) is -0.416. The van der Waals surface area contributed by atoms with E-state index in [-0.39, 0.29) is 31.3 Å². The smallest absolute Gasteiger partial charge is 0.242 e. The molecular weight excluding hydrogens is 454 g/mol. The second-order valence-corrected chi connectivity index (χ2v) is 10.4. The third-order valence-electron chi connectivity index (χ3n) is 5.57. The lowest BCUT2D eigenvalue weighted by atomic mass is 10.1. The number of ether oxygens (including phenoxy) is 1. The Labute approximate surface area is 202 Å². The molecule has 0 aliphatic carbocycles. The van der Waals surface area contributed by atoms with Gasteiger partial charge in [-0.15, -0.1) is 0 Å². The third kappa shape index (κ3) is 7.48. The Bertz CT molecular complexity index is 1080. The average Bonchev–Trinajstić information content (AvgIpc) is 2.77. The van der Waals surface area contributed by atoms with Gasteiger partial charge in [0.1, 0.15) is 11.8 Å². The maximum absolute atomic E-state index is 13.2. The van der Waals surface area contributed by atoms with Gasteiger partial charge in [0, 0.05) is 26.6 Å². The van der Waals surface area contributed by atoms with Crippen LogP contribution >= 0.6 is 0 Å². The largest absolute Gasteiger partial charge is 0.497 e. The number of hydrogen-bond acceptors (Lipinski definition) is 5. The lowest BCUT2D eigenvalue weighted by molar-refractivity contribution is -0.140. The van der Waals surface area contributed by atoms with Crippen LogP contribution in [-0.2, 0) is 26.2 Å². The molecular formula is C25H35N3O5S. The summed E-state index contributed by atoms with van der Waals surface area (Å²) in [6, 6.07) is 12.2. The molecule has 0 aliphatic heterocycles. The van der Waals surface area contributed by atoms with Crippen molar-refractivity contribution in [1.29, 1.82) is 0 Å². The molecule has 9 heteroatoms. The zero-order chi connectivity index (χ0) is 25.5. The van der Waals surface area contributed by atoms with Gasteiger partial charge >= 0.3 is 0 Å². The van der Waals surface area contributed by atoms with Crippen molar-refractivity contribution in [3.05, 3.63) is 59.2 Å². The summed E-state index contributed by atoms with van der Waals surface area (Å²) < 4.78 is 31.4. The fourth-order valence-electron chi connectivity index (χ4n) is 3.82. The molecule has 2 aromatic rings. The topological polar surface area (TPSA) is 96.0 Å². The third-order valence-corrected chi connectivity index (χ3v) is 6.77. The lowest BCUT2D eigenvalue weighted by Crippen LogP contribution is -2.46. The molecule has 0 fully saturated rings. The Hall–Kier alpha value is -3.07. The minimum Gasteiger partial charge on any atom is -0.497 e. The molecule has 0 radical (unpaired) electrons. The number of anilines is 1. The van der Waals surface area contributed by atoms with E-state index >= 15 is 0 Å². The van der Waals surface area contributed by atoms with Crippen LogP contribution in [-0.4, -0.2) is 58.1 Å². The van der Waals surface area contributed by atoms with Gasteiger partial charge in [-0.1, -0.05) is 18.2 Å². The second kappa shape index (κ2) is 11.9. The zero-order valence-corrected chi connectivity index (χ0v) is 21.6. The highest BCUT2D eigenvalue weighted by atomic mass is 32.2. The van der Waals surface area contributed by atoms with E-state index in [1.54, 1.807) is 26.2 Å². The van der Waals surface area contributed by atoms with E-state index in [0.717, 1.165) is 22.9 Å². The number of sulfonamides is 1. The minimum atomic E-state index is -3.53. The Kier molecular flexibility index (Phi) is 9.49. The van der Waals surface area contributed by atoms with Crippen LogP contribution in [0.5, 0.6) is 5.75 Å². The Balaban J connectivity index is 2.16. The van der Waals surface area contributed by atoms with Crippen LogP contribution in [0.25, 0.3) is 0 Å². The van der Waals surface area contributed by atoms with Gasteiger partial charge in [0.15, 0.2) is 0 Å². The summed E-state index contributed by atoms with van der Waals surface area (Å²) in [4.78, 5) is 27.0. The maximum Gasteiger partial charge on any atom is 0.242 e. The van der Waals surface area contributed by atoms with Gasteiger partial charge in [-0.25, -0.2) is 8.42 Å². The van der Waals surface area contributed by atoms with Gasteiger partial charge in [-0.2, -0.15) is 0 Å². The van der Waals surface area contributed by atoms with Crippen LogP contribution in [0.2, 0.25) is 0 Å². The van der Waals surface area contributed by atoms with Crippen LogP contribution in [0.3, 0.4) is 0 Å². The van der Waals surface area contributed by atoms with Gasteiger partial charge in [0.2, 0.25) is 21.8 Å². The van der Waals surface area contributed by atoms with Gasteiger partial charge in [0.25, 0.3) is 0 Å². The number of nitrogens with one attached hydrogen (secondary N) is 1. The molecule has 34 heavy (non-hydrogen) atoms. The number of likely N-dealkylation sites (N-methyl/N-ethyl adjacent to an activating group) is 1. The molecule has 0 saturated heterocycles. The van der Waals surface area contributed by atoms with Gasteiger partial charge in [-0.05, 0) is 68.1 Å². The van der Waals surface area contributed by atoms with Crippen molar-refractivity contribution in [2.75, 3.05) is 31.3 Å². The highest BCUT2D eigenvalue weighted by Gasteiger charge is 2.26. The first-order chi connectivity index (χ1) is 16.0. The SMILES string of the molecule is CNC(=O)C(C)N(Cc1ccc(OC)cc1)C(=O)CCCN(c1cc(C)cc(C)c1)S(C)(=O)=O. The van der Waals surface area contributed by atoms with Gasteiger partial charge in [0.05, 0.1) is 19.1 Å². The van der Waals surface area contributed by atoms with Crippen molar-refractivity contribution < 1.29 is 22.7 Å². The van der Waals surface area contributed by atoms with Crippen LogP contribution in [0, 0.1) is 13.8 Å². The number of nitrogens with zero attached hydrogens (tertiary/aromatic N) is 2. The Morgan fingerprint density at radius 3 is 2.15 bits per heavy atom. The molecule has 0 spiro atoms. The summed E-state index contributed by atoms with van der Waals surface area (Å²) in [5.41, 5.74) is 3.37. The van der Waals surface area contributed by atoms with Crippen molar-refractivity contribution in [3.63, 3.8) is 0 Å². The predicted molar refractivity (Wildman–Crippen MR) is 134 cm³/mol. The molecule has 0 bridgehead atoms. The standard InChI is InChI=1S/C25H35N3O5S/c1-18-14-19(2)16-22(15-18)28(34(6,31)32)13-7-8-24(29)27(20(3)25(30)26-4)17-21-9-11-23(33-5)12-10-21/h9-12,14-16,20H,7-8,13,17H2,1-6H3,(H,26,30). The highest BCUT2D eigenvalue weighted by molar-refractivity contribution is 7.92. The Morgan fingerprint density at radius 1 is 1.06 bits per heavy atom. The van der Waals surface area contributed by atoms with Crippen molar-refractivity contribution >= 4 is 27.5 Å². The molecule has 8 nitrogen and oxygen atoms in total. The summed E-state index contributed by atoms with van der Waals surface area (Å²) in [5, 5.41) is 2.59. The fraction of sp³-hybridized carbons (Fsp3) is 0.440.